The number of carbonyl (C=O) groups excluding carboxylic acids is 1. The number of amides is 1. The molecule has 64 valence electrons. The highest BCUT2D eigenvalue weighted by Crippen LogP contribution is 2.28. The van der Waals surface area contributed by atoms with Gasteiger partial charge < -0.3 is 5.32 Å². The summed E-state index contributed by atoms with van der Waals surface area (Å²) >= 11 is 0. The van der Waals surface area contributed by atoms with Gasteiger partial charge >= 0.3 is 0 Å². The molecule has 1 amide bonds. The van der Waals surface area contributed by atoms with Crippen LogP contribution >= 0.6 is 0 Å². The average Bonchev–Trinajstić information content (AvgIpc) is 2.03. The number of nitrogens with one attached hydrogen (secondary N) is 1. The van der Waals surface area contributed by atoms with Crippen LogP contribution in [0.1, 0.15) is 32.6 Å². The summed E-state index contributed by atoms with van der Waals surface area (Å²) in [5, 5.41) is 2.72. The quantitative estimate of drug-likeness (QED) is 0.611. The third kappa shape index (κ3) is 2.21. The van der Waals surface area contributed by atoms with Crippen molar-refractivity contribution in [3.05, 3.63) is 0 Å². The number of rotatable bonds is 1. The molecule has 1 rings (SSSR count). The molecule has 0 spiro atoms. The molecular weight excluding hydrogens is 138 g/mol. The standard InChI is InChI=1S/C9H17NO/c1-7-4-3-5-8(6-7)9(11)10-2/h7-8H,3-6H2,1-2H3,(H,10,11)/t7-,8+/m1/s1. The minimum Gasteiger partial charge on any atom is -0.359 e. The lowest BCUT2D eigenvalue weighted by Gasteiger charge is -2.24. The lowest BCUT2D eigenvalue weighted by atomic mass is 9.82. The van der Waals surface area contributed by atoms with Crippen LogP contribution in [0.3, 0.4) is 0 Å². The highest BCUT2D eigenvalue weighted by atomic mass is 16.1. The van der Waals surface area contributed by atoms with Gasteiger partial charge in [0.1, 0.15) is 0 Å². The molecule has 1 aliphatic rings. The normalized spacial score (nSPS) is 31.5. The summed E-state index contributed by atoms with van der Waals surface area (Å²) in [6.07, 6.45) is 4.69. The van der Waals surface area contributed by atoms with Crippen molar-refractivity contribution in [2.45, 2.75) is 32.6 Å². The summed E-state index contributed by atoms with van der Waals surface area (Å²) in [4.78, 5) is 11.2. The van der Waals surface area contributed by atoms with E-state index in [1.165, 1.54) is 12.8 Å². The zero-order valence-electron chi connectivity index (χ0n) is 7.39. The molecule has 1 fully saturated rings. The Morgan fingerprint density at radius 2 is 2.18 bits per heavy atom. The van der Waals surface area contributed by atoms with Crippen LogP contribution in [0.25, 0.3) is 0 Å². The summed E-state index contributed by atoms with van der Waals surface area (Å²) < 4.78 is 0. The summed E-state index contributed by atoms with van der Waals surface area (Å²) in [5.74, 6) is 1.27. The molecule has 0 aliphatic heterocycles. The molecule has 0 aromatic heterocycles. The second kappa shape index (κ2) is 3.74. The summed E-state index contributed by atoms with van der Waals surface area (Å²) in [6.45, 7) is 2.23. The molecule has 0 aromatic carbocycles. The fourth-order valence-electron chi connectivity index (χ4n) is 1.88. The highest BCUT2D eigenvalue weighted by molar-refractivity contribution is 5.78. The van der Waals surface area contributed by atoms with Gasteiger partial charge in [-0.05, 0) is 18.8 Å². The monoisotopic (exact) mass is 155 g/mol. The molecule has 0 radical (unpaired) electrons. The van der Waals surface area contributed by atoms with Gasteiger partial charge in [-0.25, -0.2) is 0 Å². The Kier molecular flexibility index (Phi) is 2.92. The van der Waals surface area contributed by atoms with Gasteiger partial charge in [-0.2, -0.15) is 0 Å². The van der Waals surface area contributed by atoms with Crippen molar-refractivity contribution in [2.24, 2.45) is 11.8 Å². The van der Waals surface area contributed by atoms with E-state index in [0.29, 0.717) is 5.92 Å². The van der Waals surface area contributed by atoms with Crippen LogP contribution in [-0.4, -0.2) is 13.0 Å². The largest absolute Gasteiger partial charge is 0.359 e. The summed E-state index contributed by atoms with van der Waals surface area (Å²) in [6, 6.07) is 0. The molecule has 0 unspecified atom stereocenters. The van der Waals surface area contributed by atoms with Gasteiger partial charge in [-0.15, -0.1) is 0 Å². The smallest absolute Gasteiger partial charge is 0.222 e. The Hall–Kier alpha value is -0.530. The Morgan fingerprint density at radius 1 is 1.45 bits per heavy atom. The molecule has 1 aliphatic carbocycles. The van der Waals surface area contributed by atoms with E-state index < -0.39 is 0 Å². The van der Waals surface area contributed by atoms with Crippen LogP contribution in [-0.2, 0) is 4.79 Å². The Morgan fingerprint density at radius 3 is 2.73 bits per heavy atom. The average molecular weight is 155 g/mol. The molecule has 0 aromatic rings. The number of hydrogen-bond donors (Lipinski definition) is 1. The molecular formula is C9H17NO. The lowest BCUT2D eigenvalue weighted by molar-refractivity contribution is -0.125. The molecule has 1 N–H and O–H groups in total. The van der Waals surface area contributed by atoms with Crippen molar-refractivity contribution in [1.29, 1.82) is 0 Å². The van der Waals surface area contributed by atoms with E-state index in [0.717, 1.165) is 18.8 Å². The van der Waals surface area contributed by atoms with Crippen LogP contribution in [0.2, 0.25) is 0 Å². The highest BCUT2D eigenvalue weighted by Gasteiger charge is 2.23. The van der Waals surface area contributed by atoms with Gasteiger partial charge in [0, 0.05) is 13.0 Å². The zero-order chi connectivity index (χ0) is 8.27. The van der Waals surface area contributed by atoms with Gasteiger partial charge in [0.15, 0.2) is 0 Å². The van der Waals surface area contributed by atoms with E-state index in [4.69, 9.17) is 0 Å². The molecule has 11 heavy (non-hydrogen) atoms. The first kappa shape index (κ1) is 8.57. The van der Waals surface area contributed by atoms with E-state index in [1.54, 1.807) is 7.05 Å². The Bertz CT molecular complexity index is 144. The Balaban J connectivity index is 2.39. The van der Waals surface area contributed by atoms with Crippen molar-refractivity contribution >= 4 is 5.91 Å². The number of carbonyl (C=O) groups is 1. The predicted octanol–water partition coefficient (Wildman–Crippen LogP) is 1.56. The van der Waals surface area contributed by atoms with Crippen molar-refractivity contribution in [3.8, 4) is 0 Å². The van der Waals surface area contributed by atoms with Gasteiger partial charge in [-0.3, -0.25) is 4.79 Å². The fraction of sp³-hybridized carbons (Fsp3) is 0.889. The maximum atomic E-state index is 11.2. The van der Waals surface area contributed by atoms with Crippen molar-refractivity contribution in [3.63, 3.8) is 0 Å². The van der Waals surface area contributed by atoms with Crippen LogP contribution in [0.5, 0.6) is 0 Å². The van der Waals surface area contributed by atoms with E-state index in [1.807, 2.05) is 0 Å². The van der Waals surface area contributed by atoms with Gasteiger partial charge in [0.25, 0.3) is 0 Å². The molecule has 0 bridgehead atoms. The third-order valence-corrected chi connectivity index (χ3v) is 2.55. The maximum absolute atomic E-state index is 11.2. The van der Waals surface area contributed by atoms with Crippen LogP contribution in [0.15, 0.2) is 0 Å². The Labute approximate surface area is 68.4 Å². The SMILES string of the molecule is CNC(=O)[C@H]1CCC[C@@H](C)C1. The second-order valence-corrected chi connectivity index (χ2v) is 3.58. The molecule has 2 heteroatoms. The molecule has 0 heterocycles. The predicted molar refractivity (Wildman–Crippen MR) is 45.2 cm³/mol. The van der Waals surface area contributed by atoms with E-state index in [9.17, 15) is 4.79 Å². The topological polar surface area (TPSA) is 29.1 Å². The molecule has 2 nitrogen and oxygen atoms in total. The van der Waals surface area contributed by atoms with Crippen molar-refractivity contribution < 1.29 is 4.79 Å². The first-order chi connectivity index (χ1) is 5.24. The zero-order valence-corrected chi connectivity index (χ0v) is 7.39. The third-order valence-electron chi connectivity index (χ3n) is 2.55. The second-order valence-electron chi connectivity index (χ2n) is 3.58. The van der Waals surface area contributed by atoms with E-state index in [-0.39, 0.29) is 5.91 Å². The first-order valence-electron chi connectivity index (χ1n) is 4.45. The number of hydrogen-bond acceptors (Lipinski definition) is 1. The van der Waals surface area contributed by atoms with Crippen LogP contribution in [0.4, 0.5) is 0 Å². The minimum absolute atomic E-state index is 0.233. The van der Waals surface area contributed by atoms with Crippen molar-refractivity contribution in [2.75, 3.05) is 7.05 Å². The van der Waals surface area contributed by atoms with Crippen LogP contribution < -0.4 is 5.32 Å². The van der Waals surface area contributed by atoms with E-state index in [2.05, 4.69) is 12.2 Å². The van der Waals surface area contributed by atoms with Crippen molar-refractivity contribution in [1.82, 2.24) is 5.32 Å². The van der Waals surface area contributed by atoms with Gasteiger partial charge in [0.05, 0.1) is 0 Å². The lowest BCUT2D eigenvalue weighted by Crippen LogP contribution is -2.30. The van der Waals surface area contributed by atoms with Gasteiger partial charge in [-0.1, -0.05) is 19.8 Å². The molecule has 1 saturated carbocycles. The van der Waals surface area contributed by atoms with E-state index >= 15 is 0 Å². The summed E-state index contributed by atoms with van der Waals surface area (Å²) in [7, 11) is 1.72. The van der Waals surface area contributed by atoms with Crippen LogP contribution in [0, 0.1) is 11.8 Å². The maximum Gasteiger partial charge on any atom is 0.222 e. The fourth-order valence-corrected chi connectivity index (χ4v) is 1.88. The molecule has 0 saturated heterocycles. The summed E-state index contributed by atoms with van der Waals surface area (Å²) in [5.41, 5.74) is 0. The minimum atomic E-state index is 0.233. The van der Waals surface area contributed by atoms with Gasteiger partial charge in [0.2, 0.25) is 5.91 Å². The first-order valence-corrected chi connectivity index (χ1v) is 4.45. The molecule has 2 atom stereocenters.